The van der Waals surface area contributed by atoms with Gasteiger partial charge in [-0.2, -0.15) is 5.10 Å². The van der Waals surface area contributed by atoms with Crippen molar-refractivity contribution in [1.82, 2.24) is 15.1 Å². The molecule has 0 radical (unpaired) electrons. The van der Waals surface area contributed by atoms with Crippen LogP contribution in [0.5, 0.6) is 0 Å². The molecule has 0 aliphatic rings. The highest BCUT2D eigenvalue weighted by Gasteiger charge is 2.18. The second-order valence-electron chi connectivity index (χ2n) is 3.78. The van der Waals surface area contributed by atoms with Crippen LogP contribution >= 0.6 is 0 Å². The van der Waals surface area contributed by atoms with Crippen LogP contribution in [0.25, 0.3) is 0 Å². The fourth-order valence-electron chi connectivity index (χ4n) is 1.58. The first-order chi connectivity index (χ1) is 8.11. The summed E-state index contributed by atoms with van der Waals surface area (Å²) < 4.78 is 1.63. The number of rotatable bonds is 5. The maximum atomic E-state index is 11.9. The van der Waals surface area contributed by atoms with Gasteiger partial charge in [0.1, 0.15) is 5.69 Å². The number of aromatic nitrogens is 2. The van der Waals surface area contributed by atoms with E-state index in [1.165, 1.54) is 0 Å². The van der Waals surface area contributed by atoms with Crippen molar-refractivity contribution in [1.29, 1.82) is 0 Å². The predicted octanol–water partition coefficient (Wildman–Crippen LogP) is 1.49. The van der Waals surface area contributed by atoms with Gasteiger partial charge in [-0.05, 0) is 27.2 Å². The minimum Gasteiger partial charge on any atom is -0.395 e. The van der Waals surface area contributed by atoms with E-state index in [1.807, 2.05) is 26.0 Å². The third-order valence-electron chi connectivity index (χ3n) is 2.52. The molecule has 0 saturated carbocycles. The lowest BCUT2D eigenvalue weighted by Crippen LogP contribution is -2.27. The number of allylic oxidation sites excluding steroid dienone is 1. The molecule has 1 rings (SSSR count). The second-order valence-corrected chi connectivity index (χ2v) is 3.78. The zero-order chi connectivity index (χ0) is 12.8. The average molecular weight is 236 g/mol. The molecule has 0 fully saturated rings. The Morgan fingerprint density at radius 1 is 1.59 bits per heavy atom. The van der Waals surface area contributed by atoms with E-state index in [4.69, 9.17) is 5.73 Å². The summed E-state index contributed by atoms with van der Waals surface area (Å²) in [7, 11) is 0. The maximum Gasteiger partial charge on any atom is 0.271 e. The molecule has 0 aliphatic heterocycles. The third-order valence-corrected chi connectivity index (χ3v) is 2.52. The Hall–Kier alpha value is -1.78. The zero-order valence-corrected chi connectivity index (χ0v) is 10.7. The molecule has 3 N–H and O–H groups in total. The highest BCUT2D eigenvalue weighted by Crippen LogP contribution is 2.15. The molecule has 1 aromatic rings. The van der Waals surface area contributed by atoms with Crippen molar-refractivity contribution in [3.8, 4) is 0 Å². The minimum atomic E-state index is -0.158. The molecule has 5 nitrogen and oxygen atoms in total. The van der Waals surface area contributed by atoms with Gasteiger partial charge in [-0.15, -0.1) is 0 Å². The molecular formula is C12H20N4O. The van der Waals surface area contributed by atoms with Crippen molar-refractivity contribution < 1.29 is 4.79 Å². The predicted molar refractivity (Wildman–Crippen MR) is 68.8 cm³/mol. The molecule has 0 spiro atoms. The standard InChI is InChI=1S/C12H20N4O/c1-4-6-7-8-14-12(17)11-10(13)9(3)15-16(11)5-2/h4,6H,5,7-8,13H2,1-3H3,(H,14,17)/b6-4+. The molecule has 1 aromatic heterocycles. The number of aryl methyl sites for hydroxylation is 2. The van der Waals surface area contributed by atoms with E-state index >= 15 is 0 Å². The summed E-state index contributed by atoms with van der Waals surface area (Å²) in [6.07, 6.45) is 4.79. The van der Waals surface area contributed by atoms with Gasteiger partial charge in [0.05, 0.1) is 11.4 Å². The summed E-state index contributed by atoms with van der Waals surface area (Å²) in [4.78, 5) is 11.9. The maximum absolute atomic E-state index is 11.9. The number of carbonyl (C=O) groups excluding carboxylic acids is 1. The summed E-state index contributed by atoms with van der Waals surface area (Å²) >= 11 is 0. The fraction of sp³-hybridized carbons (Fsp3) is 0.500. The molecule has 5 heteroatoms. The number of anilines is 1. The van der Waals surface area contributed by atoms with Gasteiger partial charge in [0, 0.05) is 13.1 Å². The fourth-order valence-corrected chi connectivity index (χ4v) is 1.58. The molecule has 94 valence electrons. The number of carbonyl (C=O) groups is 1. The van der Waals surface area contributed by atoms with Crippen LogP contribution in [0.4, 0.5) is 5.69 Å². The quantitative estimate of drug-likeness (QED) is 0.601. The molecule has 0 aliphatic carbocycles. The van der Waals surface area contributed by atoms with E-state index < -0.39 is 0 Å². The van der Waals surface area contributed by atoms with Crippen LogP contribution in [-0.2, 0) is 6.54 Å². The SMILES string of the molecule is C/C=C/CCNC(=O)c1c(N)c(C)nn1CC. The summed E-state index contributed by atoms with van der Waals surface area (Å²) in [5.74, 6) is -0.158. The number of amides is 1. The zero-order valence-electron chi connectivity index (χ0n) is 10.7. The molecule has 17 heavy (non-hydrogen) atoms. The first-order valence-corrected chi connectivity index (χ1v) is 5.84. The minimum absolute atomic E-state index is 0.158. The van der Waals surface area contributed by atoms with Crippen LogP contribution < -0.4 is 11.1 Å². The van der Waals surface area contributed by atoms with Crippen LogP contribution in [-0.4, -0.2) is 22.2 Å². The van der Waals surface area contributed by atoms with E-state index in [1.54, 1.807) is 11.6 Å². The number of hydrogen-bond donors (Lipinski definition) is 2. The van der Waals surface area contributed by atoms with Gasteiger partial charge in [-0.3, -0.25) is 9.48 Å². The van der Waals surface area contributed by atoms with Crippen molar-refractivity contribution in [2.45, 2.75) is 33.7 Å². The molecule has 0 unspecified atom stereocenters. The number of nitrogens with one attached hydrogen (secondary N) is 1. The average Bonchev–Trinajstić information content (AvgIpc) is 2.61. The van der Waals surface area contributed by atoms with Gasteiger partial charge in [0.25, 0.3) is 5.91 Å². The number of hydrogen-bond acceptors (Lipinski definition) is 3. The molecule has 1 heterocycles. The number of nitrogen functional groups attached to an aromatic ring is 1. The lowest BCUT2D eigenvalue weighted by atomic mass is 10.3. The van der Waals surface area contributed by atoms with Gasteiger partial charge >= 0.3 is 0 Å². The molecule has 0 saturated heterocycles. The highest BCUT2D eigenvalue weighted by molar-refractivity contribution is 5.97. The summed E-state index contributed by atoms with van der Waals surface area (Å²) in [5, 5.41) is 7.04. The van der Waals surface area contributed by atoms with Crippen molar-refractivity contribution in [3.63, 3.8) is 0 Å². The van der Waals surface area contributed by atoms with Crippen LogP contribution in [0.1, 0.15) is 36.5 Å². The van der Waals surface area contributed by atoms with Crippen molar-refractivity contribution in [2.24, 2.45) is 0 Å². The Kier molecular flexibility index (Phi) is 4.75. The van der Waals surface area contributed by atoms with E-state index in [2.05, 4.69) is 10.4 Å². The van der Waals surface area contributed by atoms with Crippen LogP contribution in [0.3, 0.4) is 0 Å². The summed E-state index contributed by atoms with van der Waals surface area (Å²) in [5.41, 5.74) is 7.48. The Morgan fingerprint density at radius 3 is 2.88 bits per heavy atom. The summed E-state index contributed by atoms with van der Waals surface area (Å²) in [6, 6.07) is 0. The molecule has 0 bridgehead atoms. The second kappa shape index (κ2) is 6.08. The van der Waals surface area contributed by atoms with Crippen LogP contribution in [0.2, 0.25) is 0 Å². The van der Waals surface area contributed by atoms with Gasteiger partial charge in [0.15, 0.2) is 0 Å². The van der Waals surface area contributed by atoms with Crippen molar-refractivity contribution in [2.75, 3.05) is 12.3 Å². The van der Waals surface area contributed by atoms with Gasteiger partial charge < -0.3 is 11.1 Å². The number of nitrogens with two attached hydrogens (primary N) is 1. The monoisotopic (exact) mass is 236 g/mol. The van der Waals surface area contributed by atoms with Gasteiger partial charge in [-0.25, -0.2) is 0 Å². The van der Waals surface area contributed by atoms with Crippen molar-refractivity contribution >= 4 is 11.6 Å². The van der Waals surface area contributed by atoms with E-state index in [0.29, 0.717) is 30.2 Å². The Balaban J connectivity index is 2.74. The lowest BCUT2D eigenvalue weighted by Gasteiger charge is -2.06. The van der Waals surface area contributed by atoms with Crippen LogP contribution in [0.15, 0.2) is 12.2 Å². The van der Waals surface area contributed by atoms with E-state index in [0.717, 1.165) is 6.42 Å². The topological polar surface area (TPSA) is 72.9 Å². The first kappa shape index (κ1) is 13.3. The third kappa shape index (κ3) is 3.09. The number of nitrogens with zero attached hydrogens (tertiary/aromatic N) is 2. The highest BCUT2D eigenvalue weighted by atomic mass is 16.2. The normalized spacial score (nSPS) is 11.0. The Bertz CT molecular complexity index is 420. The molecular weight excluding hydrogens is 216 g/mol. The first-order valence-electron chi connectivity index (χ1n) is 5.84. The van der Waals surface area contributed by atoms with E-state index in [-0.39, 0.29) is 5.91 Å². The smallest absolute Gasteiger partial charge is 0.271 e. The summed E-state index contributed by atoms with van der Waals surface area (Å²) in [6.45, 7) is 6.93. The lowest BCUT2D eigenvalue weighted by molar-refractivity contribution is 0.0944. The molecule has 0 aromatic carbocycles. The molecule has 0 atom stereocenters. The Morgan fingerprint density at radius 2 is 2.29 bits per heavy atom. The molecule has 1 amide bonds. The largest absolute Gasteiger partial charge is 0.395 e. The van der Waals surface area contributed by atoms with Gasteiger partial charge in [-0.1, -0.05) is 12.2 Å². The van der Waals surface area contributed by atoms with Gasteiger partial charge in [0.2, 0.25) is 0 Å². The van der Waals surface area contributed by atoms with E-state index in [9.17, 15) is 4.79 Å². The van der Waals surface area contributed by atoms with Crippen LogP contribution in [0, 0.1) is 6.92 Å². The van der Waals surface area contributed by atoms with Crippen molar-refractivity contribution in [3.05, 3.63) is 23.5 Å². The Labute approximate surface area is 102 Å².